The van der Waals surface area contributed by atoms with Gasteiger partial charge in [0, 0.05) is 17.4 Å². The largest absolute Gasteiger partial charge is 0.347 e. The molecule has 2 aromatic carbocycles. The summed E-state index contributed by atoms with van der Waals surface area (Å²) < 4.78 is 2.15. The maximum atomic E-state index is 12.4. The number of hydrogen-bond acceptors (Lipinski definition) is 4. The lowest BCUT2D eigenvalue weighted by Gasteiger charge is -2.09. The van der Waals surface area contributed by atoms with Gasteiger partial charge in [0.05, 0.1) is 29.5 Å². The van der Waals surface area contributed by atoms with Crippen molar-refractivity contribution < 1.29 is 9.59 Å². The van der Waals surface area contributed by atoms with E-state index in [2.05, 4.69) is 31.5 Å². The van der Waals surface area contributed by atoms with Gasteiger partial charge in [-0.15, -0.1) is 0 Å². The van der Waals surface area contributed by atoms with Crippen molar-refractivity contribution in [1.29, 1.82) is 0 Å². The average molecular weight is 429 g/mol. The van der Waals surface area contributed by atoms with Crippen molar-refractivity contribution in [3.05, 3.63) is 69.7 Å². The van der Waals surface area contributed by atoms with Crippen LogP contribution in [0, 0.1) is 0 Å². The fourth-order valence-electron chi connectivity index (χ4n) is 2.51. The molecule has 0 aliphatic heterocycles. The summed E-state index contributed by atoms with van der Waals surface area (Å²) in [6.45, 7) is 0.0411. The maximum absolute atomic E-state index is 12.4. The van der Waals surface area contributed by atoms with E-state index in [1.165, 1.54) is 10.9 Å². The van der Waals surface area contributed by atoms with Crippen LogP contribution >= 0.6 is 15.9 Å². The lowest BCUT2D eigenvalue weighted by atomic mass is 10.2. The van der Waals surface area contributed by atoms with Gasteiger partial charge in [0.2, 0.25) is 11.8 Å². The van der Waals surface area contributed by atoms with Crippen LogP contribution in [0.2, 0.25) is 0 Å². The zero-order valence-corrected chi connectivity index (χ0v) is 15.9. The summed E-state index contributed by atoms with van der Waals surface area (Å²) in [6, 6.07) is 14.2. The van der Waals surface area contributed by atoms with Gasteiger partial charge in [-0.05, 0) is 40.2 Å². The Hall–Kier alpha value is -3.00. The van der Waals surface area contributed by atoms with E-state index in [1.54, 1.807) is 30.3 Å². The first-order valence-corrected chi connectivity index (χ1v) is 9.09. The summed E-state index contributed by atoms with van der Waals surface area (Å²) in [6.07, 6.45) is 1.50. The highest BCUT2D eigenvalue weighted by Crippen LogP contribution is 2.20. The van der Waals surface area contributed by atoms with E-state index in [1.807, 2.05) is 18.2 Å². The highest BCUT2D eigenvalue weighted by molar-refractivity contribution is 9.10. The summed E-state index contributed by atoms with van der Waals surface area (Å²) in [5, 5.41) is 5.76. The molecule has 0 unspecified atom stereocenters. The average Bonchev–Trinajstić information content (AvgIpc) is 2.68. The zero-order chi connectivity index (χ0) is 19.2. The Bertz CT molecular complexity index is 1050. The van der Waals surface area contributed by atoms with Gasteiger partial charge >= 0.3 is 0 Å². The first kappa shape index (κ1) is 18.8. The van der Waals surface area contributed by atoms with Crippen LogP contribution in [-0.4, -0.2) is 27.9 Å². The van der Waals surface area contributed by atoms with E-state index in [9.17, 15) is 14.4 Å². The molecule has 0 radical (unpaired) electrons. The molecule has 0 fully saturated rings. The number of nitrogens with one attached hydrogen (secondary N) is 2. The number of anilines is 1. The van der Waals surface area contributed by atoms with E-state index in [4.69, 9.17) is 0 Å². The molecular formula is C19H17BrN4O3. The number of aryl methyl sites for hydroxylation is 1. The molecule has 0 saturated heterocycles. The van der Waals surface area contributed by atoms with Crippen molar-refractivity contribution in [2.24, 2.45) is 0 Å². The number of aromatic nitrogens is 2. The quantitative estimate of drug-likeness (QED) is 0.629. The first-order valence-electron chi connectivity index (χ1n) is 8.30. The molecule has 3 aromatic rings. The highest BCUT2D eigenvalue weighted by atomic mass is 79.9. The fraction of sp³-hybridized carbons (Fsp3) is 0.158. The standard InChI is InChI=1S/C19H17BrN4O3/c20-14-6-2-4-8-16(14)23-18(26)11-21-17(25)9-10-24-12-22-15-7-3-1-5-13(15)19(24)27/h1-8,12H,9-11H2,(H,21,25)(H,23,26). The second-order valence-corrected chi connectivity index (χ2v) is 6.67. The lowest BCUT2D eigenvalue weighted by molar-refractivity contribution is -0.124. The minimum Gasteiger partial charge on any atom is -0.347 e. The SMILES string of the molecule is O=C(CCn1cnc2ccccc2c1=O)NCC(=O)Nc1ccccc1Br. The second kappa shape index (κ2) is 8.59. The van der Waals surface area contributed by atoms with Gasteiger partial charge in [0.25, 0.3) is 5.56 Å². The van der Waals surface area contributed by atoms with Crippen LogP contribution in [0.1, 0.15) is 6.42 Å². The summed E-state index contributed by atoms with van der Waals surface area (Å²) in [5.41, 5.74) is 1.05. The van der Waals surface area contributed by atoms with E-state index in [-0.39, 0.29) is 36.9 Å². The molecule has 0 saturated carbocycles. The molecule has 0 aliphatic rings. The Morgan fingerprint density at radius 1 is 1.04 bits per heavy atom. The number of amides is 2. The number of carbonyl (C=O) groups is 2. The van der Waals surface area contributed by atoms with Gasteiger partial charge in [0.1, 0.15) is 0 Å². The van der Waals surface area contributed by atoms with Crippen molar-refractivity contribution in [2.75, 3.05) is 11.9 Å². The van der Waals surface area contributed by atoms with E-state index in [0.29, 0.717) is 16.6 Å². The Labute approximate surface area is 163 Å². The number of para-hydroxylation sites is 2. The van der Waals surface area contributed by atoms with Gasteiger partial charge in [-0.2, -0.15) is 0 Å². The van der Waals surface area contributed by atoms with E-state index in [0.717, 1.165) is 4.47 Å². The zero-order valence-electron chi connectivity index (χ0n) is 14.3. The topological polar surface area (TPSA) is 93.1 Å². The molecule has 2 amide bonds. The molecule has 3 rings (SSSR count). The normalized spacial score (nSPS) is 10.6. The summed E-state index contributed by atoms with van der Waals surface area (Å²) >= 11 is 3.34. The number of hydrogen-bond donors (Lipinski definition) is 2. The third kappa shape index (κ3) is 4.79. The Balaban J connectivity index is 1.51. The Morgan fingerprint density at radius 2 is 1.78 bits per heavy atom. The number of halogens is 1. The molecule has 27 heavy (non-hydrogen) atoms. The molecule has 138 valence electrons. The molecule has 8 heteroatoms. The molecule has 0 atom stereocenters. The Morgan fingerprint density at radius 3 is 2.59 bits per heavy atom. The van der Waals surface area contributed by atoms with Gasteiger partial charge < -0.3 is 10.6 Å². The summed E-state index contributed by atoms with van der Waals surface area (Å²) in [5.74, 6) is -0.655. The maximum Gasteiger partial charge on any atom is 0.261 e. The lowest BCUT2D eigenvalue weighted by Crippen LogP contribution is -2.34. The van der Waals surface area contributed by atoms with Gasteiger partial charge in [-0.1, -0.05) is 24.3 Å². The monoisotopic (exact) mass is 428 g/mol. The van der Waals surface area contributed by atoms with Crippen LogP contribution in [0.5, 0.6) is 0 Å². The van der Waals surface area contributed by atoms with E-state index < -0.39 is 0 Å². The third-order valence-electron chi connectivity index (χ3n) is 3.91. The second-order valence-electron chi connectivity index (χ2n) is 5.82. The van der Waals surface area contributed by atoms with Crippen LogP contribution < -0.4 is 16.2 Å². The molecule has 1 aromatic heterocycles. The highest BCUT2D eigenvalue weighted by Gasteiger charge is 2.09. The number of rotatable bonds is 6. The van der Waals surface area contributed by atoms with E-state index >= 15 is 0 Å². The van der Waals surface area contributed by atoms with Crippen molar-refractivity contribution >= 4 is 44.3 Å². The minimum absolute atomic E-state index is 0.0717. The van der Waals surface area contributed by atoms with Crippen LogP contribution in [0.3, 0.4) is 0 Å². The summed E-state index contributed by atoms with van der Waals surface area (Å²) in [4.78, 5) is 40.5. The van der Waals surface area contributed by atoms with Crippen molar-refractivity contribution in [1.82, 2.24) is 14.9 Å². The number of benzene rings is 2. The van der Waals surface area contributed by atoms with Crippen LogP contribution in [0.15, 0.2) is 64.1 Å². The third-order valence-corrected chi connectivity index (χ3v) is 4.60. The number of fused-ring (bicyclic) bond motifs is 1. The predicted octanol–water partition coefficient (Wildman–Crippen LogP) is 2.30. The molecular weight excluding hydrogens is 412 g/mol. The molecule has 0 bridgehead atoms. The molecule has 2 N–H and O–H groups in total. The Kier molecular flexibility index (Phi) is 5.97. The molecule has 0 aliphatic carbocycles. The van der Waals surface area contributed by atoms with Crippen molar-refractivity contribution in [3.63, 3.8) is 0 Å². The van der Waals surface area contributed by atoms with Crippen LogP contribution in [0.4, 0.5) is 5.69 Å². The molecule has 1 heterocycles. The molecule has 7 nitrogen and oxygen atoms in total. The van der Waals surface area contributed by atoms with Gasteiger partial charge in [0.15, 0.2) is 0 Å². The predicted molar refractivity (Wildman–Crippen MR) is 106 cm³/mol. The van der Waals surface area contributed by atoms with Gasteiger partial charge in [-0.25, -0.2) is 4.98 Å². The molecule has 0 spiro atoms. The van der Waals surface area contributed by atoms with Crippen LogP contribution in [0.25, 0.3) is 10.9 Å². The van der Waals surface area contributed by atoms with Crippen LogP contribution in [-0.2, 0) is 16.1 Å². The van der Waals surface area contributed by atoms with Crippen molar-refractivity contribution in [3.8, 4) is 0 Å². The number of nitrogens with zero attached hydrogens (tertiary/aromatic N) is 2. The first-order chi connectivity index (χ1) is 13.0. The smallest absolute Gasteiger partial charge is 0.261 e. The minimum atomic E-state index is -0.334. The van der Waals surface area contributed by atoms with Gasteiger partial charge in [-0.3, -0.25) is 19.0 Å². The fourth-order valence-corrected chi connectivity index (χ4v) is 2.90. The number of carbonyl (C=O) groups excluding carboxylic acids is 2. The van der Waals surface area contributed by atoms with Crippen molar-refractivity contribution in [2.45, 2.75) is 13.0 Å². The summed E-state index contributed by atoms with van der Waals surface area (Å²) in [7, 11) is 0.